The average molecular weight is 336 g/mol. The van der Waals surface area contributed by atoms with Crippen molar-refractivity contribution < 1.29 is 19.1 Å². The number of hydrogen-bond donors (Lipinski definition) is 3. The van der Waals surface area contributed by atoms with Gasteiger partial charge in [0, 0.05) is 11.4 Å². The van der Waals surface area contributed by atoms with Gasteiger partial charge in [0.25, 0.3) is 0 Å². The van der Waals surface area contributed by atoms with Gasteiger partial charge in [0.05, 0.1) is 6.54 Å². The van der Waals surface area contributed by atoms with Crippen molar-refractivity contribution in [2.24, 2.45) is 0 Å². The summed E-state index contributed by atoms with van der Waals surface area (Å²) in [5, 5.41) is 16.9. The summed E-state index contributed by atoms with van der Waals surface area (Å²) in [7, 11) is 0. The van der Waals surface area contributed by atoms with Gasteiger partial charge in [-0.15, -0.1) is 11.3 Å². The summed E-state index contributed by atoms with van der Waals surface area (Å²) in [6.45, 7) is 1.61. The lowest BCUT2D eigenvalue weighted by Crippen LogP contribution is -2.45. The smallest absolute Gasteiger partial charge is 0.309 e. The van der Waals surface area contributed by atoms with Crippen LogP contribution >= 0.6 is 11.3 Å². The van der Waals surface area contributed by atoms with E-state index >= 15 is 0 Å². The Morgan fingerprint density at radius 1 is 1.17 bits per heavy atom. The van der Waals surface area contributed by atoms with E-state index in [0.29, 0.717) is 10.4 Å². The molecule has 0 aliphatic rings. The number of carbonyl (C=O) groups excluding carboxylic acids is 2. The lowest BCUT2D eigenvalue weighted by molar-refractivity contribution is -0.139. The summed E-state index contributed by atoms with van der Waals surface area (Å²) in [6.07, 6.45) is 0. The third-order valence-corrected chi connectivity index (χ3v) is 4.34. The molecule has 0 aliphatic heterocycles. The molecule has 3 N–H and O–H groups in total. The molecule has 0 spiro atoms. The van der Waals surface area contributed by atoms with E-state index in [4.69, 9.17) is 0 Å². The van der Waals surface area contributed by atoms with E-state index in [1.54, 1.807) is 19.1 Å². The van der Waals surface area contributed by atoms with Crippen LogP contribution in [-0.2, 0) is 21.7 Å². The highest BCUT2D eigenvalue weighted by Crippen LogP contribution is 2.24. The van der Waals surface area contributed by atoms with E-state index < -0.39 is 17.4 Å². The van der Waals surface area contributed by atoms with Crippen LogP contribution < -0.4 is 10.6 Å². The highest BCUT2D eigenvalue weighted by Gasteiger charge is 2.26. The van der Waals surface area contributed by atoms with Crippen molar-refractivity contribution in [2.75, 3.05) is 6.54 Å². The molecule has 0 saturated carbocycles. The molecule has 0 saturated heterocycles. The Morgan fingerprint density at radius 2 is 1.83 bits per heavy atom. The molecule has 7 heteroatoms. The zero-order valence-electron chi connectivity index (χ0n) is 12.5. The SMILES string of the molecule is C[C@](O)(CNC(=O)C(=O)NCc1ccc(F)cc1)c1cccs1. The molecule has 1 heterocycles. The number of aliphatic hydroxyl groups is 1. The fraction of sp³-hybridized carbons (Fsp3) is 0.250. The lowest BCUT2D eigenvalue weighted by Gasteiger charge is -2.22. The van der Waals surface area contributed by atoms with Crippen LogP contribution in [0.25, 0.3) is 0 Å². The Hall–Kier alpha value is -2.25. The number of benzene rings is 1. The average Bonchev–Trinajstić information content (AvgIpc) is 3.07. The summed E-state index contributed by atoms with van der Waals surface area (Å²) in [5.74, 6) is -2.01. The van der Waals surface area contributed by atoms with Gasteiger partial charge in [0.1, 0.15) is 11.4 Å². The molecule has 1 aromatic heterocycles. The normalized spacial score (nSPS) is 13.2. The Labute approximate surface area is 137 Å². The molecule has 0 fully saturated rings. The molecule has 1 aromatic carbocycles. The largest absolute Gasteiger partial charge is 0.383 e. The van der Waals surface area contributed by atoms with E-state index in [0.717, 1.165) is 0 Å². The van der Waals surface area contributed by atoms with Crippen molar-refractivity contribution in [3.05, 3.63) is 58.0 Å². The first-order valence-corrected chi connectivity index (χ1v) is 7.83. The fourth-order valence-electron chi connectivity index (χ4n) is 1.87. The minimum atomic E-state index is -1.24. The molecule has 0 aliphatic carbocycles. The molecule has 122 valence electrons. The summed E-state index contributed by atoms with van der Waals surface area (Å²) >= 11 is 1.37. The first-order valence-electron chi connectivity index (χ1n) is 6.95. The van der Waals surface area contributed by atoms with Gasteiger partial charge in [0.15, 0.2) is 0 Å². The van der Waals surface area contributed by atoms with Crippen LogP contribution in [0.3, 0.4) is 0 Å². The molecule has 0 unspecified atom stereocenters. The molecule has 5 nitrogen and oxygen atoms in total. The first kappa shape index (κ1) is 17.1. The van der Waals surface area contributed by atoms with Crippen molar-refractivity contribution in [3.8, 4) is 0 Å². The quantitative estimate of drug-likeness (QED) is 0.725. The number of amides is 2. The van der Waals surface area contributed by atoms with Crippen LogP contribution in [0.5, 0.6) is 0 Å². The van der Waals surface area contributed by atoms with Gasteiger partial charge in [-0.1, -0.05) is 18.2 Å². The Bertz CT molecular complexity index is 669. The number of halogens is 1. The van der Waals surface area contributed by atoms with Gasteiger partial charge in [-0.05, 0) is 36.1 Å². The molecule has 2 amide bonds. The molecule has 0 radical (unpaired) electrons. The van der Waals surface area contributed by atoms with Crippen LogP contribution in [0.2, 0.25) is 0 Å². The highest BCUT2D eigenvalue weighted by atomic mass is 32.1. The topological polar surface area (TPSA) is 78.4 Å². The monoisotopic (exact) mass is 336 g/mol. The summed E-state index contributed by atoms with van der Waals surface area (Å²) < 4.78 is 12.8. The summed E-state index contributed by atoms with van der Waals surface area (Å²) in [6, 6.07) is 9.15. The second kappa shape index (κ2) is 7.34. The number of carbonyl (C=O) groups is 2. The maximum Gasteiger partial charge on any atom is 0.309 e. The summed E-state index contributed by atoms with van der Waals surface area (Å²) in [4.78, 5) is 24.2. The molecule has 1 atom stereocenters. The van der Waals surface area contributed by atoms with Crippen molar-refractivity contribution >= 4 is 23.2 Å². The molecular weight excluding hydrogens is 319 g/mol. The lowest BCUT2D eigenvalue weighted by atomic mass is 10.1. The minimum absolute atomic E-state index is 0.0731. The van der Waals surface area contributed by atoms with E-state index in [9.17, 15) is 19.1 Å². The Kier molecular flexibility index (Phi) is 5.46. The van der Waals surface area contributed by atoms with E-state index in [-0.39, 0.29) is 18.9 Å². The number of thiophene rings is 1. The molecule has 2 rings (SSSR count). The molecule has 0 bridgehead atoms. The third kappa shape index (κ3) is 4.87. The van der Waals surface area contributed by atoms with Gasteiger partial charge in [0.2, 0.25) is 0 Å². The molecule has 23 heavy (non-hydrogen) atoms. The second-order valence-corrected chi connectivity index (χ2v) is 6.19. The van der Waals surface area contributed by atoms with E-state index in [1.807, 2.05) is 5.38 Å². The Balaban J connectivity index is 1.81. The zero-order valence-corrected chi connectivity index (χ0v) is 13.3. The van der Waals surface area contributed by atoms with Crippen molar-refractivity contribution in [3.63, 3.8) is 0 Å². The van der Waals surface area contributed by atoms with Gasteiger partial charge in [-0.25, -0.2) is 4.39 Å². The van der Waals surface area contributed by atoms with Crippen molar-refractivity contribution in [1.29, 1.82) is 0 Å². The standard InChI is InChI=1S/C16H17FN2O3S/c1-16(22,13-3-2-8-23-13)10-19-15(21)14(20)18-9-11-4-6-12(17)7-5-11/h2-8,22H,9-10H2,1H3,(H,18,20)(H,19,21)/t16-/m0/s1. The van der Waals surface area contributed by atoms with Gasteiger partial charge in [-0.3, -0.25) is 9.59 Å². The highest BCUT2D eigenvalue weighted by molar-refractivity contribution is 7.10. The fourth-order valence-corrected chi connectivity index (χ4v) is 2.66. The predicted molar refractivity (Wildman–Crippen MR) is 85.1 cm³/mol. The number of hydrogen-bond acceptors (Lipinski definition) is 4. The van der Waals surface area contributed by atoms with Gasteiger partial charge < -0.3 is 15.7 Å². The molecule has 2 aromatic rings. The van der Waals surface area contributed by atoms with Crippen LogP contribution in [0, 0.1) is 5.82 Å². The third-order valence-electron chi connectivity index (χ3n) is 3.22. The number of nitrogens with one attached hydrogen (secondary N) is 2. The second-order valence-electron chi connectivity index (χ2n) is 5.24. The van der Waals surface area contributed by atoms with E-state index in [2.05, 4.69) is 10.6 Å². The number of rotatable bonds is 5. The summed E-state index contributed by atoms with van der Waals surface area (Å²) in [5.41, 5.74) is -0.556. The van der Waals surface area contributed by atoms with Crippen LogP contribution in [0.1, 0.15) is 17.4 Å². The first-order chi connectivity index (χ1) is 10.9. The van der Waals surface area contributed by atoms with E-state index in [1.165, 1.54) is 35.6 Å². The molecular formula is C16H17FN2O3S. The van der Waals surface area contributed by atoms with Crippen LogP contribution in [0.4, 0.5) is 4.39 Å². The predicted octanol–water partition coefficient (Wildman–Crippen LogP) is 1.53. The van der Waals surface area contributed by atoms with Gasteiger partial charge >= 0.3 is 11.8 Å². The maximum atomic E-state index is 12.8. The zero-order chi connectivity index (χ0) is 16.9. The van der Waals surface area contributed by atoms with Crippen molar-refractivity contribution in [2.45, 2.75) is 19.1 Å². The van der Waals surface area contributed by atoms with Gasteiger partial charge in [-0.2, -0.15) is 0 Å². The minimum Gasteiger partial charge on any atom is -0.383 e. The maximum absolute atomic E-state index is 12.8. The Morgan fingerprint density at radius 3 is 2.43 bits per heavy atom. The van der Waals surface area contributed by atoms with Crippen molar-refractivity contribution in [1.82, 2.24) is 10.6 Å². The van der Waals surface area contributed by atoms with Crippen LogP contribution in [0.15, 0.2) is 41.8 Å². The van der Waals surface area contributed by atoms with Crippen LogP contribution in [-0.4, -0.2) is 23.5 Å².